The lowest BCUT2D eigenvalue weighted by atomic mass is 9.92. The molecule has 0 aromatic heterocycles. The third-order valence-corrected chi connectivity index (χ3v) is 4.14. The molecule has 1 fully saturated rings. The molecule has 16 heavy (non-hydrogen) atoms. The Balaban J connectivity index is 1.95. The predicted molar refractivity (Wildman–Crippen MR) is 69.1 cm³/mol. The van der Waals surface area contributed by atoms with E-state index in [2.05, 4.69) is 44.3 Å². The van der Waals surface area contributed by atoms with E-state index >= 15 is 0 Å². The Hall–Kier alpha value is -0.820. The van der Waals surface area contributed by atoms with Crippen molar-refractivity contribution < 1.29 is 4.48 Å². The van der Waals surface area contributed by atoms with E-state index in [0.29, 0.717) is 0 Å². The van der Waals surface area contributed by atoms with E-state index in [1.54, 1.807) is 0 Å². The summed E-state index contributed by atoms with van der Waals surface area (Å²) in [5.41, 5.74) is 1.49. The Morgan fingerprint density at radius 3 is 2.31 bits per heavy atom. The molecule has 2 rings (SSSR count). The third kappa shape index (κ3) is 2.85. The molecule has 1 nitrogen and oxygen atoms in total. The lowest BCUT2D eigenvalue weighted by molar-refractivity contribution is -0.928. The Bertz CT molecular complexity index is 309. The summed E-state index contributed by atoms with van der Waals surface area (Å²) in [6, 6.07) is 10.9. The second-order valence-corrected chi connectivity index (χ2v) is 5.56. The number of piperidine rings is 1. The number of hydrogen-bond donors (Lipinski definition) is 0. The molecule has 0 saturated carbocycles. The Labute approximate surface area is 99.7 Å². The van der Waals surface area contributed by atoms with Gasteiger partial charge in [0.05, 0.1) is 20.1 Å². The molecule has 0 radical (unpaired) electrons. The molecule has 0 amide bonds. The van der Waals surface area contributed by atoms with Crippen molar-refractivity contribution in [3.8, 4) is 0 Å². The largest absolute Gasteiger partial charge is 0.322 e. The van der Waals surface area contributed by atoms with Crippen LogP contribution in [0.2, 0.25) is 0 Å². The van der Waals surface area contributed by atoms with Crippen molar-refractivity contribution in [2.24, 2.45) is 5.92 Å². The maximum absolute atomic E-state index is 2.42. The van der Waals surface area contributed by atoms with Crippen LogP contribution in [0.15, 0.2) is 30.3 Å². The molecule has 1 aliphatic rings. The van der Waals surface area contributed by atoms with Gasteiger partial charge in [-0.1, -0.05) is 43.7 Å². The number of hydrogen-bond acceptors (Lipinski definition) is 0. The smallest absolute Gasteiger partial charge is 0.104 e. The fraction of sp³-hybridized carbons (Fsp3) is 0.600. The molecule has 0 bridgehead atoms. The van der Waals surface area contributed by atoms with E-state index < -0.39 is 0 Å². The lowest BCUT2D eigenvalue weighted by Gasteiger charge is -2.40. The molecule has 1 aliphatic heterocycles. The van der Waals surface area contributed by atoms with E-state index in [0.717, 1.165) is 5.92 Å². The summed E-state index contributed by atoms with van der Waals surface area (Å²) >= 11 is 0. The molecule has 0 N–H and O–H groups in total. The van der Waals surface area contributed by atoms with E-state index in [9.17, 15) is 0 Å². The van der Waals surface area contributed by atoms with Gasteiger partial charge in [0.1, 0.15) is 6.54 Å². The highest BCUT2D eigenvalue weighted by Crippen LogP contribution is 2.26. The molecular formula is C15H24N+. The van der Waals surface area contributed by atoms with E-state index in [-0.39, 0.29) is 0 Å². The SMILES string of the molecule is CCC1CC[N+](C)(Cc2ccccc2)CC1. The first-order valence-electron chi connectivity index (χ1n) is 6.59. The minimum absolute atomic E-state index is 0.988. The van der Waals surface area contributed by atoms with Gasteiger partial charge in [-0.25, -0.2) is 0 Å². The zero-order valence-corrected chi connectivity index (χ0v) is 10.7. The van der Waals surface area contributed by atoms with Crippen LogP contribution in [0.1, 0.15) is 31.7 Å². The topological polar surface area (TPSA) is 0 Å². The first-order chi connectivity index (χ1) is 7.72. The van der Waals surface area contributed by atoms with Gasteiger partial charge in [-0.3, -0.25) is 0 Å². The van der Waals surface area contributed by atoms with Gasteiger partial charge in [0.2, 0.25) is 0 Å². The predicted octanol–water partition coefficient (Wildman–Crippen LogP) is 3.45. The van der Waals surface area contributed by atoms with Crippen LogP contribution in [0.3, 0.4) is 0 Å². The van der Waals surface area contributed by atoms with Crippen molar-refractivity contribution in [2.45, 2.75) is 32.7 Å². The first kappa shape index (κ1) is 11.7. The highest BCUT2D eigenvalue weighted by Gasteiger charge is 2.29. The highest BCUT2D eigenvalue weighted by molar-refractivity contribution is 5.13. The van der Waals surface area contributed by atoms with E-state index in [4.69, 9.17) is 0 Å². The Morgan fingerprint density at radius 2 is 1.75 bits per heavy atom. The van der Waals surface area contributed by atoms with Gasteiger partial charge in [-0.2, -0.15) is 0 Å². The van der Waals surface area contributed by atoms with Crippen LogP contribution < -0.4 is 0 Å². The summed E-state index contributed by atoms with van der Waals surface area (Å²) < 4.78 is 1.24. The average Bonchev–Trinajstić information content (AvgIpc) is 2.31. The monoisotopic (exact) mass is 218 g/mol. The maximum Gasteiger partial charge on any atom is 0.104 e. The van der Waals surface area contributed by atoms with Crippen LogP contribution >= 0.6 is 0 Å². The molecule has 1 aromatic rings. The lowest BCUT2D eigenvalue weighted by Crippen LogP contribution is -2.48. The van der Waals surface area contributed by atoms with Crippen LogP contribution in [0.5, 0.6) is 0 Å². The molecule has 0 atom stereocenters. The summed E-state index contributed by atoms with van der Waals surface area (Å²) in [4.78, 5) is 0. The van der Waals surface area contributed by atoms with Crippen molar-refractivity contribution in [1.82, 2.24) is 0 Å². The van der Waals surface area contributed by atoms with Crippen molar-refractivity contribution in [1.29, 1.82) is 0 Å². The normalized spacial score (nSPS) is 30.2. The van der Waals surface area contributed by atoms with E-state index in [1.165, 1.54) is 48.9 Å². The zero-order valence-electron chi connectivity index (χ0n) is 10.7. The Morgan fingerprint density at radius 1 is 1.12 bits per heavy atom. The minimum atomic E-state index is 0.988. The Kier molecular flexibility index (Phi) is 3.65. The van der Waals surface area contributed by atoms with Gasteiger partial charge < -0.3 is 4.48 Å². The molecule has 0 aliphatic carbocycles. The van der Waals surface area contributed by atoms with Crippen molar-refractivity contribution in [3.05, 3.63) is 35.9 Å². The standard InChI is InChI=1S/C15H24N/c1-3-14-9-11-16(2,12-10-14)13-15-7-5-4-6-8-15/h4-8,14H,3,9-13H2,1-2H3/q+1. The van der Waals surface area contributed by atoms with Crippen molar-refractivity contribution in [3.63, 3.8) is 0 Å². The molecule has 1 saturated heterocycles. The summed E-state index contributed by atoms with van der Waals surface area (Å²) in [7, 11) is 2.42. The molecule has 1 heteroatoms. The van der Waals surface area contributed by atoms with Gasteiger partial charge in [0, 0.05) is 5.56 Å². The molecule has 88 valence electrons. The zero-order chi connectivity index (χ0) is 11.4. The maximum atomic E-state index is 2.42. The highest BCUT2D eigenvalue weighted by atomic mass is 15.3. The van der Waals surface area contributed by atoms with Gasteiger partial charge in [-0.05, 0) is 18.8 Å². The second-order valence-electron chi connectivity index (χ2n) is 5.56. The van der Waals surface area contributed by atoms with E-state index in [1.807, 2.05) is 0 Å². The number of quaternary nitrogens is 1. The minimum Gasteiger partial charge on any atom is -0.322 e. The average molecular weight is 218 g/mol. The molecular weight excluding hydrogens is 194 g/mol. The van der Waals surface area contributed by atoms with Gasteiger partial charge in [0.15, 0.2) is 0 Å². The fourth-order valence-corrected chi connectivity index (χ4v) is 2.84. The second kappa shape index (κ2) is 5.01. The molecule has 0 spiro atoms. The summed E-state index contributed by atoms with van der Waals surface area (Å²) in [5, 5.41) is 0. The molecule has 1 aromatic carbocycles. The summed E-state index contributed by atoms with van der Waals surface area (Å²) in [6.07, 6.45) is 4.20. The molecule has 0 unspecified atom stereocenters. The van der Waals surface area contributed by atoms with Crippen LogP contribution in [0.4, 0.5) is 0 Å². The van der Waals surface area contributed by atoms with Gasteiger partial charge in [0.25, 0.3) is 0 Å². The molecule has 1 heterocycles. The van der Waals surface area contributed by atoms with Crippen molar-refractivity contribution in [2.75, 3.05) is 20.1 Å². The number of benzene rings is 1. The van der Waals surface area contributed by atoms with Crippen molar-refractivity contribution >= 4 is 0 Å². The number of rotatable bonds is 3. The van der Waals surface area contributed by atoms with Crippen LogP contribution in [-0.2, 0) is 6.54 Å². The van der Waals surface area contributed by atoms with Crippen LogP contribution in [0, 0.1) is 5.92 Å². The first-order valence-corrected chi connectivity index (χ1v) is 6.59. The third-order valence-electron chi connectivity index (χ3n) is 4.14. The summed E-state index contributed by atoms with van der Waals surface area (Å²) in [5.74, 6) is 0.988. The van der Waals surface area contributed by atoms with Gasteiger partial charge >= 0.3 is 0 Å². The fourth-order valence-electron chi connectivity index (χ4n) is 2.84. The number of nitrogens with zero attached hydrogens (tertiary/aromatic N) is 1. The quantitative estimate of drug-likeness (QED) is 0.682. The number of likely N-dealkylation sites (tertiary alicyclic amines) is 1. The van der Waals surface area contributed by atoms with Crippen LogP contribution in [-0.4, -0.2) is 24.6 Å². The summed E-state index contributed by atoms with van der Waals surface area (Å²) in [6.45, 7) is 6.25. The van der Waals surface area contributed by atoms with Gasteiger partial charge in [-0.15, -0.1) is 0 Å². The van der Waals surface area contributed by atoms with Crippen LogP contribution in [0.25, 0.3) is 0 Å².